The number of hydrogen-bond acceptors (Lipinski definition) is 5. The van der Waals surface area contributed by atoms with E-state index < -0.39 is 0 Å². The van der Waals surface area contributed by atoms with Gasteiger partial charge in [-0.3, -0.25) is 9.36 Å². The van der Waals surface area contributed by atoms with Gasteiger partial charge in [-0.2, -0.15) is 0 Å². The minimum absolute atomic E-state index is 0.104. The second-order valence-electron chi connectivity index (χ2n) is 7.84. The maximum Gasteiger partial charge on any atom is 0.233 e. The van der Waals surface area contributed by atoms with Gasteiger partial charge in [0.05, 0.1) is 17.6 Å². The fraction of sp³-hybridized carbons (Fsp3) is 0.192. The molecule has 0 bridgehead atoms. The van der Waals surface area contributed by atoms with Gasteiger partial charge in [-0.25, -0.2) is 0 Å². The molecule has 4 aromatic rings. The minimum Gasteiger partial charge on any atom is -0.469 e. The van der Waals surface area contributed by atoms with Crippen LogP contribution in [0, 0.1) is 6.92 Å². The first-order valence-corrected chi connectivity index (χ1v) is 11.9. The summed E-state index contributed by atoms with van der Waals surface area (Å²) in [6, 6.07) is 22.2. The van der Waals surface area contributed by atoms with Crippen LogP contribution in [0.1, 0.15) is 17.7 Å². The number of thioether (sulfide) groups is 1. The standard InChI is InChI=1S/C26H24N4O2S/c1-19-23(14-17-32-19)25-27-28-26(30(25)22-10-6-3-7-11-22)33-18-24(31)29-15-12-21(13-16-29)20-8-4-2-5-9-20/h2-12,14,17H,13,15-16,18H2,1H3. The number of nitrogens with zero attached hydrogens (tertiary/aromatic N) is 4. The number of rotatable bonds is 6. The molecule has 0 radical (unpaired) electrons. The Hall–Kier alpha value is -3.58. The highest BCUT2D eigenvalue weighted by Crippen LogP contribution is 2.30. The topological polar surface area (TPSA) is 64.2 Å². The first-order valence-electron chi connectivity index (χ1n) is 10.9. The molecule has 6 nitrogen and oxygen atoms in total. The van der Waals surface area contributed by atoms with Crippen LogP contribution in [0.3, 0.4) is 0 Å². The van der Waals surface area contributed by atoms with Crippen LogP contribution in [-0.4, -0.2) is 44.4 Å². The molecule has 1 aliphatic rings. The molecule has 1 amide bonds. The molecule has 0 aliphatic carbocycles. The van der Waals surface area contributed by atoms with Gasteiger partial charge in [-0.05, 0) is 42.7 Å². The van der Waals surface area contributed by atoms with E-state index in [0.29, 0.717) is 23.3 Å². The van der Waals surface area contributed by atoms with Crippen LogP contribution in [0.25, 0.3) is 22.6 Å². The monoisotopic (exact) mass is 456 g/mol. The van der Waals surface area contributed by atoms with Gasteiger partial charge >= 0.3 is 0 Å². The van der Waals surface area contributed by atoms with Gasteiger partial charge in [0.15, 0.2) is 11.0 Å². The number of hydrogen-bond donors (Lipinski definition) is 0. The number of amides is 1. The average Bonchev–Trinajstić information content (AvgIpc) is 3.49. The summed E-state index contributed by atoms with van der Waals surface area (Å²) in [6.07, 6.45) is 4.68. The van der Waals surface area contributed by atoms with Crippen LogP contribution >= 0.6 is 11.8 Å². The molecule has 0 fully saturated rings. The van der Waals surface area contributed by atoms with Gasteiger partial charge in [0.25, 0.3) is 0 Å². The lowest BCUT2D eigenvalue weighted by molar-refractivity contribution is -0.127. The van der Waals surface area contributed by atoms with Gasteiger partial charge in [-0.1, -0.05) is 66.4 Å². The van der Waals surface area contributed by atoms with Gasteiger partial charge in [0.1, 0.15) is 5.76 Å². The van der Waals surface area contributed by atoms with Crippen LogP contribution in [-0.2, 0) is 4.79 Å². The molecule has 33 heavy (non-hydrogen) atoms. The Bertz CT molecular complexity index is 1280. The minimum atomic E-state index is 0.104. The van der Waals surface area contributed by atoms with Crippen molar-refractivity contribution < 1.29 is 9.21 Å². The molecule has 0 unspecified atom stereocenters. The number of aryl methyl sites for hydroxylation is 1. The van der Waals surface area contributed by atoms with Crippen molar-refractivity contribution in [3.63, 3.8) is 0 Å². The molecule has 0 spiro atoms. The maximum absolute atomic E-state index is 13.0. The largest absolute Gasteiger partial charge is 0.469 e. The molecule has 166 valence electrons. The van der Waals surface area contributed by atoms with Gasteiger partial charge in [0, 0.05) is 18.8 Å². The molecule has 0 saturated heterocycles. The second-order valence-corrected chi connectivity index (χ2v) is 8.78. The zero-order chi connectivity index (χ0) is 22.6. The Kier molecular flexibility index (Phi) is 6.13. The van der Waals surface area contributed by atoms with Crippen molar-refractivity contribution in [1.29, 1.82) is 0 Å². The van der Waals surface area contributed by atoms with E-state index in [-0.39, 0.29) is 5.91 Å². The van der Waals surface area contributed by atoms with Gasteiger partial charge < -0.3 is 9.32 Å². The lowest BCUT2D eigenvalue weighted by atomic mass is 10.00. The summed E-state index contributed by atoms with van der Waals surface area (Å²) >= 11 is 1.41. The Balaban J connectivity index is 1.32. The SMILES string of the molecule is Cc1occc1-c1nnc(SCC(=O)N2CC=C(c3ccccc3)CC2)n1-c1ccccc1. The molecule has 1 aliphatic heterocycles. The van der Waals surface area contributed by atoms with Crippen molar-refractivity contribution in [3.05, 3.63) is 90.4 Å². The highest BCUT2D eigenvalue weighted by molar-refractivity contribution is 7.99. The Morgan fingerprint density at radius 1 is 1.03 bits per heavy atom. The van der Waals surface area contributed by atoms with Crippen LogP contribution in [0.5, 0.6) is 0 Å². The zero-order valence-electron chi connectivity index (χ0n) is 18.3. The summed E-state index contributed by atoms with van der Waals surface area (Å²) in [5, 5.41) is 9.52. The molecule has 7 heteroatoms. The molecule has 0 saturated carbocycles. The van der Waals surface area contributed by atoms with E-state index in [1.54, 1.807) is 6.26 Å². The highest BCUT2D eigenvalue weighted by Gasteiger charge is 2.22. The first kappa shape index (κ1) is 21.3. The Morgan fingerprint density at radius 3 is 2.45 bits per heavy atom. The van der Waals surface area contributed by atoms with Crippen molar-refractivity contribution in [3.8, 4) is 17.1 Å². The molecular formula is C26H24N4O2S. The third-order valence-electron chi connectivity index (χ3n) is 5.78. The number of furan rings is 1. The normalized spacial score (nSPS) is 13.7. The van der Waals surface area contributed by atoms with E-state index in [2.05, 4.69) is 28.4 Å². The van der Waals surface area contributed by atoms with E-state index >= 15 is 0 Å². The lowest BCUT2D eigenvalue weighted by Gasteiger charge is -2.26. The first-order chi connectivity index (χ1) is 16.2. The number of benzene rings is 2. The van der Waals surface area contributed by atoms with Gasteiger partial charge in [-0.15, -0.1) is 10.2 Å². The van der Waals surface area contributed by atoms with E-state index in [0.717, 1.165) is 30.0 Å². The van der Waals surface area contributed by atoms with Crippen molar-refractivity contribution >= 4 is 23.2 Å². The van der Waals surface area contributed by atoms with E-state index in [1.165, 1.54) is 22.9 Å². The molecular weight excluding hydrogens is 432 g/mol. The summed E-state index contributed by atoms with van der Waals surface area (Å²) in [5.74, 6) is 1.90. The van der Waals surface area contributed by atoms with Crippen LogP contribution in [0.15, 0.2) is 88.6 Å². The Morgan fingerprint density at radius 2 is 1.79 bits per heavy atom. The second kappa shape index (κ2) is 9.50. The average molecular weight is 457 g/mol. The number of carbonyl (C=O) groups excluding carboxylic acids is 1. The van der Waals surface area contributed by atoms with Crippen LogP contribution < -0.4 is 0 Å². The molecule has 2 aromatic carbocycles. The lowest BCUT2D eigenvalue weighted by Crippen LogP contribution is -2.35. The summed E-state index contributed by atoms with van der Waals surface area (Å²) in [4.78, 5) is 14.9. The fourth-order valence-corrected chi connectivity index (χ4v) is 4.85. The highest BCUT2D eigenvalue weighted by atomic mass is 32.2. The smallest absolute Gasteiger partial charge is 0.233 e. The van der Waals surface area contributed by atoms with Crippen molar-refractivity contribution in [2.45, 2.75) is 18.5 Å². The van der Waals surface area contributed by atoms with Crippen LogP contribution in [0.4, 0.5) is 0 Å². The van der Waals surface area contributed by atoms with E-state index in [4.69, 9.17) is 4.42 Å². The predicted octanol–water partition coefficient (Wildman–Crippen LogP) is 5.24. The Labute approximate surface area is 196 Å². The summed E-state index contributed by atoms with van der Waals surface area (Å²) in [7, 11) is 0. The van der Waals surface area contributed by atoms with Crippen molar-refractivity contribution in [2.75, 3.05) is 18.8 Å². The fourth-order valence-electron chi connectivity index (χ4n) is 3.99. The molecule has 0 N–H and O–H groups in total. The maximum atomic E-state index is 13.0. The van der Waals surface area contributed by atoms with E-state index in [1.807, 2.05) is 71.0 Å². The zero-order valence-corrected chi connectivity index (χ0v) is 19.2. The number of carbonyl (C=O) groups is 1. The number of aromatic nitrogens is 3. The predicted molar refractivity (Wildman–Crippen MR) is 130 cm³/mol. The number of para-hydroxylation sites is 1. The van der Waals surface area contributed by atoms with Crippen molar-refractivity contribution in [2.24, 2.45) is 0 Å². The summed E-state index contributed by atoms with van der Waals surface area (Å²) in [5.41, 5.74) is 4.37. The molecule has 0 atom stereocenters. The third kappa shape index (κ3) is 4.50. The van der Waals surface area contributed by atoms with Crippen molar-refractivity contribution in [1.82, 2.24) is 19.7 Å². The van der Waals surface area contributed by atoms with Gasteiger partial charge in [0.2, 0.25) is 5.91 Å². The quantitative estimate of drug-likeness (QED) is 0.371. The summed E-state index contributed by atoms with van der Waals surface area (Å²) < 4.78 is 7.47. The summed E-state index contributed by atoms with van der Waals surface area (Å²) in [6.45, 7) is 3.27. The third-order valence-corrected chi connectivity index (χ3v) is 6.69. The molecule has 2 aromatic heterocycles. The van der Waals surface area contributed by atoms with Crippen LogP contribution in [0.2, 0.25) is 0 Å². The molecule has 5 rings (SSSR count). The van der Waals surface area contributed by atoms with E-state index in [9.17, 15) is 4.79 Å². The molecule has 3 heterocycles.